The third-order valence-corrected chi connectivity index (χ3v) is 3.51. The molecular weight excluding hydrogens is 265 g/mol. The molecule has 2 heterocycles. The number of anilines is 1. The van der Waals surface area contributed by atoms with Crippen molar-refractivity contribution in [3.8, 4) is 11.3 Å². The summed E-state index contributed by atoms with van der Waals surface area (Å²) in [6.45, 7) is 4.38. The summed E-state index contributed by atoms with van der Waals surface area (Å²) >= 11 is 0. The molecule has 3 rings (SSSR count). The van der Waals surface area contributed by atoms with Gasteiger partial charge in [0.05, 0.1) is 0 Å². The van der Waals surface area contributed by atoms with Crippen molar-refractivity contribution in [1.82, 2.24) is 9.38 Å². The Kier molecular flexibility index (Phi) is 3.37. The Morgan fingerprint density at radius 1 is 1.19 bits per heavy atom. The van der Waals surface area contributed by atoms with E-state index in [-0.39, 0.29) is 11.5 Å². The highest BCUT2D eigenvalue weighted by Crippen LogP contribution is 2.27. The van der Waals surface area contributed by atoms with Gasteiger partial charge >= 0.3 is 0 Å². The fourth-order valence-corrected chi connectivity index (χ4v) is 2.54. The Morgan fingerprint density at radius 2 is 1.90 bits per heavy atom. The normalized spacial score (nSPS) is 11.4. The zero-order chi connectivity index (χ0) is 15.0. The number of nitrogens with two attached hydrogens (primary N) is 1. The molecule has 0 aliphatic carbocycles. The van der Waals surface area contributed by atoms with Crippen LogP contribution in [0.4, 0.5) is 10.2 Å². The molecule has 2 N–H and O–H groups in total. The van der Waals surface area contributed by atoms with Crippen molar-refractivity contribution >= 4 is 11.5 Å². The fraction of sp³-hybridized carbons (Fsp3) is 0.235. The molecule has 0 saturated heterocycles. The maximum absolute atomic E-state index is 13.8. The number of aromatic nitrogens is 2. The topological polar surface area (TPSA) is 43.3 Å². The zero-order valence-corrected chi connectivity index (χ0v) is 12.2. The Morgan fingerprint density at radius 3 is 2.52 bits per heavy atom. The molecule has 0 unspecified atom stereocenters. The van der Waals surface area contributed by atoms with Crippen LogP contribution in [0.3, 0.4) is 0 Å². The van der Waals surface area contributed by atoms with E-state index >= 15 is 0 Å². The molecule has 0 saturated carbocycles. The van der Waals surface area contributed by atoms with Crippen LogP contribution >= 0.6 is 0 Å². The smallest absolute Gasteiger partial charge is 0.175 e. The molecule has 0 atom stereocenters. The molecular formula is C17H18FN3. The van der Waals surface area contributed by atoms with E-state index in [0.29, 0.717) is 17.4 Å². The van der Waals surface area contributed by atoms with Crippen molar-refractivity contribution in [3.63, 3.8) is 0 Å². The van der Waals surface area contributed by atoms with Crippen LogP contribution in [0.25, 0.3) is 16.9 Å². The van der Waals surface area contributed by atoms with Gasteiger partial charge in [0.25, 0.3) is 0 Å². The number of halogens is 1. The first kappa shape index (κ1) is 13.6. The summed E-state index contributed by atoms with van der Waals surface area (Å²) in [7, 11) is 0. The number of benzene rings is 1. The number of fused-ring (bicyclic) bond motifs is 1. The monoisotopic (exact) mass is 283 g/mol. The number of nitrogens with zero attached hydrogens (tertiary/aromatic N) is 2. The summed E-state index contributed by atoms with van der Waals surface area (Å²) in [5.41, 5.74) is 9.16. The van der Waals surface area contributed by atoms with E-state index in [1.54, 1.807) is 16.7 Å². The SMILES string of the molecule is CC(C)Cc1ccc(-c2nc3c(F)cccn3c2N)cc1. The molecule has 2 aromatic heterocycles. The number of imidazole rings is 1. The minimum atomic E-state index is -0.369. The maximum atomic E-state index is 13.8. The lowest BCUT2D eigenvalue weighted by atomic mass is 10.0. The minimum Gasteiger partial charge on any atom is -0.383 e. The Labute approximate surface area is 123 Å². The van der Waals surface area contributed by atoms with Gasteiger partial charge in [-0.05, 0) is 30.0 Å². The highest BCUT2D eigenvalue weighted by atomic mass is 19.1. The first-order chi connectivity index (χ1) is 10.1. The lowest BCUT2D eigenvalue weighted by Crippen LogP contribution is -1.95. The zero-order valence-electron chi connectivity index (χ0n) is 12.2. The molecule has 4 heteroatoms. The van der Waals surface area contributed by atoms with Crippen LogP contribution in [-0.2, 0) is 6.42 Å². The predicted molar refractivity (Wildman–Crippen MR) is 83.5 cm³/mol. The number of nitrogen functional groups attached to an aromatic ring is 1. The van der Waals surface area contributed by atoms with E-state index in [1.807, 2.05) is 12.1 Å². The van der Waals surface area contributed by atoms with Gasteiger partial charge in [-0.2, -0.15) is 0 Å². The second-order valence-electron chi connectivity index (χ2n) is 5.69. The van der Waals surface area contributed by atoms with Gasteiger partial charge in [-0.25, -0.2) is 9.37 Å². The molecule has 21 heavy (non-hydrogen) atoms. The highest BCUT2D eigenvalue weighted by Gasteiger charge is 2.13. The Bertz CT molecular complexity index is 773. The van der Waals surface area contributed by atoms with Gasteiger partial charge in [0.15, 0.2) is 11.5 Å². The molecule has 0 bridgehead atoms. The van der Waals surface area contributed by atoms with Gasteiger partial charge in [0.1, 0.15) is 11.5 Å². The largest absolute Gasteiger partial charge is 0.383 e. The van der Waals surface area contributed by atoms with Crippen LogP contribution in [0.1, 0.15) is 19.4 Å². The second-order valence-corrected chi connectivity index (χ2v) is 5.69. The average Bonchev–Trinajstić information content (AvgIpc) is 2.78. The number of hydrogen-bond acceptors (Lipinski definition) is 2. The standard InChI is InChI=1S/C17H18FN3/c1-11(2)10-12-5-7-13(8-6-12)15-16(19)21-9-3-4-14(18)17(21)20-15/h3-9,11H,10,19H2,1-2H3. The Hall–Kier alpha value is -2.36. The molecule has 3 aromatic rings. The molecule has 108 valence electrons. The summed E-state index contributed by atoms with van der Waals surface area (Å²) in [6, 6.07) is 11.2. The summed E-state index contributed by atoms with van der Waals surface area (Å²) in [5, 5.41) is 0. The van der Waals surface area contributed by atoms with E-state index in [9.17, 15) is 4.39 Å². The average molecular weight is 283 g/mol. The van der Waals surface area contributed by atoms with Gasteiger partial charge in [-0.1, -0.05) is 38.1 Å². The lowest BCUT2D eigenvalue weighted by Gasteiger charge is -2.05. The van der Waals surface area contributed by atoms with Crippen molar-refractivity contribution < 1.29 is 4.39 Å². The third-order valence-electron chi connectivity index (χ3n) is 3.51. The van der Waals surface area contributed by atoms with E-state index in [2.05, 4.69) is 31.0 Å². The molecule has 0 spiro atoms. The molecule has 0 amide bonds. The summed E-state index contributed by atoms with van der Waals surface area (Å²) in [6.07, 6.45) is 2.76. The lowest BCUT2D eigenvalue weighted by molar-refractivity contribution is 0.630. The van der Waals surface area contributed by atoms with Crippen molar-refractivity contribution in [2.45, 2.75) is 20.3 Å². The van der Waals surface area contributed by atoms with Crippen LogP contribution < -0.4 is 5.73 Å². The predicted octanol–water partition coefficient (Wildman–Crippen LogP) is 3.92. The van der Waals surface area contributed by atoms with E-state index in [1.165, 1.54) is 11.6 Å². The summed E-state index contributed by atoms with van der Waals surface area (Å²) < 4.78 is 15.3. The number of rotatable bonds is 3. The molecule has 1 aromatic carbocycles. The molecule has 0 aliphatic heterocycles. The third kappa shape index (κ3) is 2.49. The van der Waals surface area contributed by atoms with Crippen molar-refractivity contribution in [1.29, 1.82) is 0 Å². The Balaban J connectivity index is 2.04. The fourth-order valence-electron chi connectivity index (χ4n) is 2.54. The molecule has 0 fully saturated rings. The van der Waals surface area contributed by atoms with Crippen LogP contribution in [0.2, 0.25) is 0 Å². The van der Waals surface area contributed by atoms with E-state index in [4.69, 9.17) is 5.73 Å². The summed E-state index contributed by atoms with van der Waals surface area (Å²) in [5.74, 6) is 0.707. The van der Waals surface area contributed by atoms with Crippen molar-refractivity contribution in [2.75, 3.05) is 5.73 Å². The van der Waals surface area contributed by atoms with Crippen LogP contribution in [0, 0.1) is 11.7 Å². The maximum Gasteiger partial charge on any atom is 0.175 e. The van der Waals surface area contributed by atoms with Crippen molar-refractivity contribution in [2.24, 2.45) is 5.92 Å². The molecule has 0 radical (unpaired) electrons. The van der Waals surface area contributed by atoms with Gasteiger partial charge in [-0.15, -0.1) is 0 Å². The molecule has 0 aliphatic rings. The van der Waals surface area contributed by atoms with Gasteiger partial charge < -0.3 is 5.73 Å². The van der Waals surface area contributed by atoms with Crippen molar-refractivity contribution in [3.05, 3.63) is 54.0 Å². The van der Waals surface area contributed by atoms with Gasteiger partial charge in [0.2, 0.25) is 0 Å². The second kappa shape index (κ2) is 5.20. The van der Waals surface area contributed by atoms with Gasteiger partial charge in [0, 0.05) is 11.8 Å². The number of pyridine rings is 1. The minimum absolute atomic E-state index is 0.260. The quantitative estimate of drug-likeness (QED) is 0.791. The first-order valence-corrected chi connectivity index (χ1v) is 7.07. The first-order valence-electron chi connectivity index (χ1n) is 7.07. The number of hydrogen-bond donors (Lipinski definition) is 1. The van der Waals surface area contributed by atoms with E-state index < -0.39 is 0 Å². The van der Waals surface area contributed by atoms with Crippen LogP contribution in [-0.4, -0.2) is 9.38 Å². The van der Waals surface area contributed by atoms with Crippen LogP contribution in [0.5, 0.6) is 0 Å². The van der Waals surface area contributed by atoms with E-state index in [0.717, 1.165) is 12.0 Å². The summed E-state index contributed by atoms with van der Waals surface area (Å²) in [4.78, 5) is 4.34. The van der Waals surface area contributed by atoms with Gasteiger partial charge in [-0.3, -0.25) is 4.40 Å². The molecule has 3 nitrogen and oxygen atoms in total. The van der Waals surface area contributed by atoms with Crippen LogP contribution in [0.15, 0.2) is 42.6 Å². The highest BCUT2D eigenvalue weighted by molar-refractivity contribution is 5.75.